The van der Waals surface area contributed by atoms with E-state index in [1.807, 2.05) is 48.5 Å². The van der Waals surface area contributed by atoms with Crippen LogP contribution in [0.25, 0.3) is 22.2 Å². The van der Waals surface area contributed by atoms with Gasteiger partial charge < -0.3 is 10.3 Å². The van der Waals surface area contributed by atoms with Gasteiger partial charge in [-0.15, -0.1) is 0 Å². The van der Waals surface area contributed by atoms with Crippen molar-refractivity contribution < 1.29 is 9.18 Å². The van der Waals surface area contributed by atoms with Crippen molar-refractivity contribution in [2.45, 2.75) is 0 Å². The fraction of sp³-hybridized carbons (Fsp3) is 0. The lowest BCUT2D eigenvalue weighted by atomic mass is 10.1. The van der Waals surface area contributed by atoms with Gasteiger partial charge in [-0.25, -0.2) is 4.39 Å². The topological polar surface area (TPSA) is 44.9 Å². The fourth-order valence-electron chi connectivity index (χ4n) is 2.82. The third kappa shape index (κ3) is 3.15. The summed E-state index contributed by atoms with van der Waals surface area (Å²) >= 11 is 0. The van der Waals surface area contributed by atoms with Crippen molar-refractivity contribution in [3.8, 4) is 11.3 Å². The molecule has 3 aromatic carbocycles. The second kappa shape index (κ2) is 6.24. The molecule has 0 saturated carbocycles. The lowest BCUT2D eigenvalue weighted by molar-refractivity contribution is 0.102. The molecule has 4 heteroatoms. The lowest BCUT2D eigenvalue weighted by Crippen LogP contribution is -2.11. The Bertz CT molecular complexity index is 1050. The van der Waals surface area contributed by atoms with Crippen LogP contribution in [0.5, 0.6) is 0 Å². The number of amides is 1. The summed E-state index contributed by atoms with van der Waals surface area (Å²) in [6.07, 6.45) is 0. The Morgan fingerprint density at radius 1 is 0.880 bits per heavy atom. The summed E-state index contributed by atoms with van der Waals surface area (Å²) in [4.78, 5) is 15.6. The van der Waals surface area contributed by atoms with Crippen LogP contribution in [0.1, 0.15) is 10.4 Å². The summed E-state index contributed by atoms with van der Waals surface area (Å²) in [5.41, 5.74) is 3.97. The Morgan fingerprint density at radius 3 is 2.56 bits per heavy atom. The van der Waals surface area contributed by atoms with E-state index in [0.29, 0.717) is 11.3 Å². The summed E-state index contributed by atoms with van der Waals surface area (Å²) in [6, 6.07) is 23.2. The number of carbonyl (C=O) groups excluding carboxylic acids is 1. The number of fused-ring (bicyclic) bond motifs is 1. The summed E-state index contributed by atoms with van der Waals surface area (Å²) in [6.45, 7) is 0. The normalized spacial score (nSPS) is 10.8. The van der Waals surface area contributed by atoms with E-state index in [1.54, 1.807) is 18.2 Å². The number of rotatable bonds is 3. The van der Waals surface area contributed by atoms with Crippen molar-refractivity contribution in [1.82, 2.24) is 4.98 Å². The minimum atomic E-state index is -0.262. The van der Waals surface area contributed by atoms with Crippen LogP contribution in [0.4, 0.5) is 10.1 Å². The molecule has 0 aliphatic heterocycles. The van der Waals surface area contributed by atoms with E-state index in [1.165, 1.54) is 12.1 Å². The number of H-pyrrole nitrogens is 1. The molecule has 0 fully saturated rings. The third-order valence-electron chi connectivity index (χ3n) is 4.05. The lowest BCUT2D eigenvalue weighted by Gasteiger charge is -2.07. The number of nitrogens with one attached hydrogen (secondary N) is 2. The molecular formula is C21H15FN2O. The van der Waals surface area contributed by atoms with Crippen LogP contribution in [-0.4, -0.2) is 10.9 Å². The molecule has 0 aliphatic rings. The Morgan fingerprint density at radius 2 is 1.72 bits per heavy atom. The van der Waals surface area contributed by atoms with Crippen LogP contribution in [0.3, 0.4) is 0 Å². The molecule has 0 spiro atoms. The Hall–Kier alpha value is -3.40. The number of anilines is 1. The largest absolute Gasteiger partial charge is 0.355 e. The highest BCUT2D eigenvalue weighted by molar-refractivity contribution is 6.04. The molecule has 1 aromatic heterocycles. The highest BCUT2D eigenvalue weighted by atomic mass is 19.1. The highest BCUT2D eigenvalue weighted by Crippen LogP contribution is 2.26. The second-order valence-corrected chi connectivity index (χ2v) is 5.82. The third-order valence-corrected chi connectivity index (χ3v) is 4.05. The first-order valence-corrected chi connectivity index (χ1v) is 7.94. The van der Waals surface area contributed by atoms with Gasteiger partial charge in [0, 0.05) is 33.4 Å². The predicted molar refractivity (Wildman–Crippen MR) is 98.1 cm³/mol. The molecule has 1 amide bonds. The fourth-order valence-corrected chi connectivity index (χ4v) is 2.82. The van der Waals surface area contributed by atoms with Gasteiger partial charge in [0.15, 0.2) is 0 Å². The zero-order chi connectivity index (χ0) is 17.2. The molecule has 0 atom stereocenters. The predicted octanol–water partition coefficient (Wildman–Crippen LogP) is 5.23. The quantitative estimate of drug-likeness (QED) is 0.531. The molecule has 0 aliphatic carbocycles. The maximum Gasteiger partial charge on any atom is 0.255 e. The highest BCUT2D eigenvalue weighted by Gasteiger charge is 2.08. The Labute approximate surface area is 144 Å². The minimum absolute atomic E-state index is 0.156. The molecule has 0 unspecified atom stereocenters. The van der Waals surface area contributed by atoms with Gasteiger partial charge in [-0.05, 0) is 48.5 Å². The summed E-state index contributed by atoms with van der Waals surface area (Å²) in [7, 11) is 0. The summed E-state index contributed by atoms with van der Waals surface area (Å²) in [5, 5.41) is 3.71. The van der Waals surface area contributed by atoms with Gasteiger partial charge in [-0.3, -0.25) is 4.79 Å². The van der Waals surface area contributed by atoms with E-state index >= 15 is 0 Å². The smallest absolute Gasteiger partial charge is 0.255 e. The number of aromatic amines is 1. The van der Waals surface area contributed by atoms with Gasteiger partial charge >= 0.3 is 0 Å². The molecule has 4 rings (SSSR count). The Kier molecular flexibility index (Phi) is 3.78. The number of hydrogen-bond acceptors (Lipinski definition) is 1. The van der Waals surface area contributed by atoms with Crippen molar-refractivity contribution in [2.75, 3.05) is 5.32 Å². The molecule has 0 radical (unpaired) electrons. The molecule has 0 bridgehead atoms. The average molecular weight is 330 g/mol. The standard InChI is InChI=1S/C21H15FN2O/c22-17-9-10-19-16(11-17)13-20(24-19)15-7-4-8-18(12-15)23-21(25)14-5-2-1-3-6-14/h1-13,24H,(H,23,25). The maximum atomic E-state index is 13.4. The molecule has 3 nitrogen and oxygen atoms in total. The van der Waals surface area contributed by atoms with Crippen LogP contribution >= 0.6 is 0 Å². The van der Waals surface area contributed by atoms with Crippen LogP contribution in [0.15, 0.2) is 78.9 Å². The number of halogens is 1. The first kappa shape index (κ1) is 15.1. The molecule has 2 N–H and O–H groups in total. The Balaban J connectivity index is 1.63. The summed E-state index contributed by atoms with van der Waals surface area (Å²) < 4.78 is 13.4. The molecular weight excluding hydrogens is 315 g/mol. The SMILES string of the molecule is O=C(Nc1cccc(-c2cc3cc(F)ccc3[nH]2)c1)c1ccccc1. The van der Waals surface area contributed by atoms with Gasteiger partial charge in [-0.2, -0.15) is 0 Å². The van der Waals surface area contributed by atoms with Crippen molar-refractivity contribution in [2.24, 2.45) is 0 Å². The van der Waals surface area contributed by atoms with Gasteiger partial charge in [0.25, 0.3) is 5.91 Å². The van der Waals surface area contributed by atoms with Crippen molar-refractivity contribution in [1.29, 1.82) is 0 Å². The van der Waals surface area contributed by atoms with Gasteiger partial charge in [0.1, 0.15) is 5.82 Å². The first-order valence-electron chi connectivity index (χ1n) is 7.94. The maximum absolute atomic E-state index is 13.4. The van der Waals surface area contributed by atoms with Gasteiger partial charge in [0.2, 0.25) is 0 Å². The monoisotopic (exact) mass is 330 g/mol. The van der Waals surface area contributed by atoms with Crippen LogP contribution in [0.2, 0.25) is 0 Å². The number of benzene rings is 3. The number of carbonyl (C=O) groups is 1. The number of hydrogen-bond donors (Lipinski definition) is 2. The number of aromatic nitrogens is 1. The van der Waals surface area contributed by atoms with E-state index in [0.717, 1.165) is 22.2 Å². The van der Waals surface area contributed by atoms with E-state index < -0.39 is 0 Å². The van der Waals surface area contributed by atoms with E-state index in [2.05, 4.69) is 10.3 Å². The van der Waals surface area contributed by atoms with E-state index in [9.17, 15) is 9.18 Å². The molecule has 25 heavy (non-hydrogen) atoms. The van der Waals surface area contributed by atoms with E-state index in [4.69, 9.17) is 0 Å². The van der Waals surface area contributed by atoms with Crippen LogP contribution in [0, 0.1) is 5.82 Å². The molecule has 122 valence electrons. The van der Waals surface area contributed by atoms with Gasteiger partial charge in [-0.1, -0.05) is 30.3 Å². The zero-order valence-electron chi connectivity index (χ0n) is 13.3. The van der Waals surface area contributed by atoms with Crippen molar-refractivity contribution in [3.63, 3.8) is 0 Å². The first-order chi connectivity index (χ1) is 12.2. The molecule has 1 heterocycles. The molecule has 4 aromatic rings. The van der Waals surface area contributed by atoms with Crippen molar-refractivity contribution in [3.05, 3.63) is 90.2 Å². The van der Waals surface area contributed by atoms with Gasteiger partial charge in [0.05, 0.1) is 0 Å². The summed E-state index contributed by atoms with van der Waals surface area (Å²) in [5.74, 6) is -0.418. The molecule has 0 saturated heterocycles. The minimum Gasteiger partial charge on any atom is -0.355 e. The average Bonchev–Trinajstić information content (AvgIpc) is 3.06. The second-order valence-electron chi connectivity index (χ2n) is 5.82. The van der Waals surface area contributed by atoms with Crippen molar-refractivity contribution >= 4 is 22.5 Å². The van der Waals surface area contributed by atoms with Crippen LogP contribution < -0.4 is 5.32 Å². The van der Waals surface area contributed by atoms with Crippen LogP contribution in [-0.2, 0) is 0 Å². The van der Waals surface area contributed by atoms with E-state index in [-0.39, 0.29) is 11.7 Å². The zero-order valence-corrected chi connectivity index (χ0v) is 13.3.